The fourth-order valence-electron chi connectivity index (χ4n) is 1.81. The number of pyridine rings is 1. The number of nitrogens with one attached hydrogen (secondary N) is 1. The number of hydrogen-bond donors (Lipinski definition) is 2. The highest BCUT2D eigenvalue weighted by molar-refractivity contribution is 6.30. The van der Waals surface area contributed by atoms with Crippen LogP contribution in [0.1, 0.15) is 15.9 Å². The molecule has 3 aromatic rings. The molecule has 0 aliphatic heterocycles. The van der Waals surface area contributed by atoms with Gasteiger partial charge in [0.25, 0.3) is 0 Å². The van der Waals surface area contributed by atoms with Gasteiger partial charge in [0.15, 0.2) is 5.65 Å². The molecule has 8 nitrogen and oxygen atoms in total. The molecular formula is C13H10ClN5O3. The fraction of sp³-hybridized carbons (Fsp3) is 0.0769. The van der Waals surface area contributed by atoms with Crippen molar-refractivity contribution in [2.75, 3.05) is 0 Å². The van der Waals surface area contributed by atoms with Crippen molar-refractivity contribution in [3.63, 3.8) is 0 Å². The first-order chi connectivity index (χ1) is 10.6. The lowest BCUT2D eigenvalue weighted by molar-refractivity contribution is 0.0237. The molecule has 0 aliphatic carbocycles. The molecule has 0 amide bonds. The smallest absolute Gasteiger partial charge is 0.362 e. The van der Waals surface area contributed by atoms with Gasteiger partial charge in [0.1, 0.15) is 5.56 Å². The predicted octanol–water partition coefficient (Wildman–Crippen LogP) is 1.34. The molecule has 9 heteroatoms. The van der Waals surface area contributed by atoms with Crippen molar-refractivity contribution in [2.45, 2.75) is 6.54 Å². The maximum absolute atomic E-state index is 12.0. The van der Waals surface area contributed by atoms with Gasteiger partial charge in [0.05, 0.1) is 17.8 Å². The Morgan fingerprint density at radius 2 is 2.27 bits per heavy atom. The normalized spacial score (nSPS) is 10.8. The molecule has 3 aromatic heterocycles. The van der Waals surface area contributed by atoms with Crippen LogP contribution in [0.5, 0.6) is 5.88 Å². The number of hydroxylamine groups is 1. The molecule has 0 bridgehead atoms. The number of carbonyl (C=O) groups excluding carboxylic acids is 1. The molecule has 2 N–H and O–H groups in total. The van der Waals surface area contributed by atoms with Crippen LogP contribution < -0.4 is 5.48 Å². The maximum Gasteiger partial charge on any atom is 0.362 e. The van der Waals surface area contributed by atoms with Gasteiger partial charge in [-0.15, -0.1) is 5.48 Å². The molecule has 22 heavy (non-hydrogen) atoms. The summed E-state index contributed by atoms with van der Waals surface area (Å²) in [4.78, 5) is 24.7. The van der Waals surface area contributed by atoms with E-state index in [0.717, 1.165) is 0 Å². The number of aromatic nitrogens is 4. The molecule has 0 saturated carbocycles. The minimum atomic E-state index is -0.636. The number of nitrogens with zero attached hydrogens (tertiary/aromatic N) is 4. The second kappa shape index (κ2) is 5.96. The Labute approximate surface area is 129 Å². The molecule has 0 radical (unpaired) electrons. The quantitative estimate of drug-likeness (QED) is 0.700. The van der Waals surface area contributed by atoms with Gasteiger partial charge in [-0.2, -0.15) is 5.10 Å². The number of carbonyl (C=O) groups is 1. The van der Waals surface area contributed by atoms with E-state index in [1.165, 1.54) is 23.0 Å². The monoisotopic (exact) mass is 319 g/mol. The molecule has 0 atom stereocenters. The highest BCUT2D eigenvalue weighted by Crippen LogP contribution is 2.17. The lowest BCUT2D eigenvalue weighted by Gasteiger charge is -2.06. The average molecular weight is 320 g/mol. The number of fused-ring (bicyclic) bond motifs is 1. The number of halogens is 1. The zero-order valence-corrected chi connectivity index (χ0v) is 11.9. The Morgan fingerprint density at radius 1 is 1.41 bits per heavy atom. The van der Waals surface area contributed by atoms with Crippen molar-refractivity contribution in [1.82, 2.24) is 25.1 Å². The molecule has 112 valence electrons. The summed E-state index contributed by atoms with van der Waals surface area (Å²) >= 11 is 5.78. The largest absolute Gasteiger partial charge is 0.493 e. The summed E-state index contributed by atoms with van der Waals surface area (Å²) in [6.07, 6.45) is 5.90. The Balaban J connectivity index is 1.66. The minimum Gasteiger partial charge on any atom is -0.493 e. The average Bonchev–Trinajstić information content (AvgIpc) is 2.94. The maximum atomic E-state index is 12.0. The van der Waals surface area contributed by atoms with Gasteiger partial charge in [-0.3, -0.25) is 0 Å². The Kier molecular flexibility index (Phi) is 3.86. The van der Waals surface area contributed by atoms with E-state index in [-0.39, 0.29) is 18.0 Å². The first-order valence-electron chi connectivity index (χ1n) is 6.21. The summed E-state index contributed by atoms with van der Waals surface area (Å²) < 4.78 is 1.46. The Bertz CT molecular complexity index is 835. The van der Waals surface area contributed by atoms with E-state index in [9.17, 15) is 9.90 Å². The van der Waals surface area contributed by atoms with E-state index < -0.39 is 5.97 Å². The highest BCUT2D eigenvalue weighted by atomic mass is 35.5. The summed E-state index contributed by atoms with van der Waals surface area (Å²) in [5, 5.41) is 13.9. The van der Waals surface area contributed by atoms with Crippen LogP contribution in [0.3, 0.4) is 0 Å². The zero-order valence-electron chi connectivity index (χ0n) is 11.1. The van der Waals surface area contributed by atoms with Crippen LogP contribution in [0.15, 0.2) is 36.9 Å². The molecule has 0 spiro atoms. The van der Waals surface area contributed by atoms with Crippen molar-refractivity contribution in [3.05, 3.63) is 53.1 Å². The van der Waals surface area contributed by atoms with Crippen LogP contribution in [-0.2, 0) is 11.4 Å². The van der Waals surface area contributed by atoms with E-state index in [4.69, 9.17) is 16.4 Å². The van der Waals surface area contributed by atoms with Crippen LogP contribution in [0, 0.1) is 0 Å². The highest BCUT2D eigenvalue weighted by Gasteiger charge is 2.15. The second-order valence-corrected chi connectivity index (χ2v) is 4.73. The first-order valence-corrected chi connectivity index (χ1v) is 6.59. The molecular weight excluding hydrogens is 310 g/mol. The van der Waals surface area contributed by atoms with Gasteiger partial charge in [-0.25, -0.2) is 19.3 Å². The molecule has 0 aliphatic rings. The second-order valence-electron chi connectivity index (χ2n) is 4.29. The van der Waals surface area contributed by atoms with Crippen LogP contribution in [0.4, 0.5) is 0 Å². The number of rotatable bonds is 4. The van der Waals surface area contributed by atoms with Crippen molar-refractivity contribution in [3.8, 4) is 5.88 Å². The van der Waals surface area contributed by atoms with Crippen molar-refractivity contribution in [1.29, 1.82) is 0 Å². The molecule has 3 rings (SSSR count). The minimum absolute atomic E-state index is 0.0533. The summed E-state index contributed by atoms with van der Waals surface area (Å²) in [5.74, 6) is -0.825. The SMILES string of the molecule is O=C(ONCc1cc(Cl)cnc1O)c1cnn2cccnc12. The number of hydrogen-bond acceptors (Lipinski definition) is 7. The third-order valence-corrected chi connectivity index (χ3v) is 3.04. The molecule has 0 fully saturated rings. The van der Waals surface area contributed by atoms with E-state index in [2.05, 4.69) is 20.5 Å². The topological polar surface area (TPSA) is 102 Å². The van der Waals surface area contributed by atoms with Gasteiger partial charge < -0.3 is 9.94 Å². The number of aromatic hydroxyl groups is 1. The van der Waals surface area contributed by atoms with Crippen LogP contribution in [0.25, 0.3) is 5.65 Å². The van der Waals surface area contributed by atoms with Gasteiger partial charge >= 0.3 is 5.97 Å². The summed E-state index contributed by atoms with van der Waals surface area (Å²) in [6, 6.07) is 3.21. The zero-order chi connectivity index (χ0) is 15.5. The third-order valence-electron chi connectivity index (χ3n) is 2.84. The van der Waals surface area contributed by atoms with Crippen LogP contribution in [0.2, 0.25) is 5.02 Å². The lowest BCUT2D eigenvalue weighted by Crippen LogP contribution is -2.20. The molecule has 3 heterocycles. The summed E-state index contributed by atoms with van der Waals surface area (Å²) in [7, 11) is 0. The lowest BCUT2D eigenvalue weighted by atomic mass is 10.3. The molecule has 0 unspecified atom stereocenters. The fourth-order valence-corrected chi connectivity index (χ4v) is 1.99. The van der Waals surface area contributed by atoms with E-state index in [0.29, 0.717) is 16.2 Å². The van der Waals surface area contributed by atoms with Gasteiger partial charge in [0.2, 0.25) is 5.88 Å². The van der Waals surface area contributed by atoms with Gasteiger partial charge in [-0.1, -0.05) is 11.6 Å². The van der Waals surface area contributed by atoms with Gasteiger partial charge in [-0.05, 0) is 12.1 Å². The van der Waals surface area contributed by atoms with Crippen LogP contribution >= 0.6 is 11.6 Å². The van der Waals surface area contributed by atoms with Crippen molar-refractivity contribution < 1.29 is 14.7 Å². The standard InChI is InChI=1S/C13H10ClN5O3/c14-9-4-8(12(20)16-6-9)5-18-22-13(21)10-7-17-19-3-1-2-15-11(10)19/h1-4,6-7,18H,5H2,(H,16,20). The predicted molar refractivity (Wildman–Crippen MR) is 76.2 cm³/mol. The summed E-state index contributed by atoms with van der Waals surface area (Å²) in [6.45, 7) is 0.0533. The Morgan fingerprint density at radius 3 is 3.14 bits per heavy atom. The molecule has 0 saturated heterocycles. The van der Waals surface area contributed by atoms with E-state index in [1.807, 2.05) is 0 Å². The van der Waals surface area contributed by atoms with E-state index in [1.54, 1.807) is 18.5 Å². The summed E-state index contributed by atoms with van der Waals surface area (Å²) in [5.41, 5.74) is 3.46. The first kappa shape index (κ1) is 14.2. The van der Waals surface area contributed by atoms with Crippen LogP contribution in [-0.4, -0.2) is 30.7 Å². The van der Waals surface area contributed by atoms with Gasteiger partial charge in [0, 0.05) is 24.2 Å². The Hall–Kier alpha value is -2.71. The molecule has 0 aromatic carbocycles. The third kappa shape index (κ3) is 2.83. The van der Waals surface area contributed by atoms with Crippen molar-refractivity contribution in [2.24, 2.45) is 0 Å². The van der Waals surface area contributed by atoms with Crippen molar-refractivity contribution >= 4 is 23.2 Å². The van der Waals surface area contributed by atoms with E-state index >= 15 is 0 Å².